The van der Waals surface area contributed by atoms with Gasteiger partial charge in [-0.3, -0.25) is 14.2 Å². The molecule has 0 aliphatic heterocycles. The average molecular weight is 378 g/mol. The minimum absolute atomic E-state index is 0.00867. The summed E-state index contributed by atoms with van der Waals surface area (Å²) in [6.07, 6.45) is 4.25. The maximum atomic E-state index is 13.2. The van der Waals surface area contributed by atoms with E-state index in [2.05, 4.69) is 0 Å². The number of hydrogen-bond donors (Lipinski definition) is 0. The van der Waals surface area contributed by atoms with Crippen molar-refractivity contribution in [3.63, 3.8) is 0 Å². The Hall–Kier alpha value is -2.40. The van der Waals surface area contributed by atoms with Gasteiger partial charge in [0.05, 0.1) is 16.2 Å². The molecule has 4 rings (SSSR count). The van der Waals surface area contributed by atoms with Crippen LogP contribution in [0.1, 0.15) is 49.0 Å². The molecule has 0 bridgehead atoms. The zero-order chi connectivity index (χ0) is 18.8. The molecule has 0 N–H and O–H groups in total. The quantitative estimate of drug-likeness (QED) is 0.361. The molecule has 0 spiro atoms. The van der Waals surface area contributed by atoms with Crippen LogP contribution in [0.25, 0.3) is 10.9 Å². The Morgan fingerprint density at radius 2 is 1.74 bits per heavy atom. The number of carbonyl (C=O) groups excluding carboxylic acids is 1. The normalized spacial score (nSPS) is 15.9. The summed E-state index contributed by atoms with van der Waals surface area (Å²) in [5.41, 5.74) is 1.39. The number of carbonyl (C=O) groups is 1. The predicted molar refractivity (Wildman–Crippen MR) is 110 cm³/mol. The summed E-state index contributed by atoms with van der Waals surface area (Å²) in [5.74, 6) is 0.0565. The van der Waals surface area contributed by atoms with E-state index in [0.717, 1.165) is 25.7 Å². The zero-order valence-electron chi connectivity index (χ0n) is 15.3. The molecule has 0 radical (unpaired) electrons. The van der Waals surface area contributed by atoms with Crippen molar-refractivity contribution < 1.29 is 4.79 Å². The third kappa shape index (κ3) is 3.56. The van der Waals surface area contributed by atoms with Gasteiger partial charge in [0.15, 0.2) is 10.9 Å². The standard InChI is InChI=1S/C22H22N2O2S/c1-15(20(25)16-9-3-2-4-10-16)27-22-23-19-14-8-7-13-18(19)21(26)24(22)17-11-5-6-12-17/h2-4,7-10,13-15,17H,5-6,11-12H2,1H3/t15-/m1/s1. The lowest BCUT2D eigenvalue weighted by Crippen LogP contribution is -2.27. The Kier molecular flexibility index (Phi) is 5.12. The molecule has 1 aromatic heterocycles. The van der Waals surface area contributed by atoms with Crippen LogP contribution in [-0.2, 0) is 0 Å². The highest BCUT2D eigenvalue weighted by Gasteiger charge is 2.25. The van der Waals surface area contributed by atoms with Crippen LogP contribution in [0, 0.1) is 0 Å². The maximum absolute atomic E-state index is 13.2. The molecule has 2 aromatic carbocycles. The van der Waals surface area contributed by atoms with Gasteiger partial charge in [-0.25, -0.2) is 4.98 Å². The van der Waals surface area contributed by atoms with E-state index in [4.69, 9.17) is 4.98 Å². The molecule has 5 heteroatoms. The van der Waals surface area contributed by atoms with Gasteiger partial charge >= 0.3 is 0 Å². The Bertz CT molecular complexity index is 1020. The first-order valence-electron chi connectivity index (χ1n) is 9.42. The number of rotatable bonds is 5. The number of nitrogens with zero attached hydrogens (tertiary/aromatic N) is 2. The van der Waals surface area contributed by atoms with Gasteiger partial charge in [-0.15, -0.1) is 0 Å². The molecule has 0 unspecified atom stereocenters. The first-order valence-corrected chi connectivity index (χ1v) is 10.3. The van der Waals surface area contributed by atoms with Crippen molar-refractivity contribution in [3.8, 4) is 0 Å². The second kappa shape index (κ2) is 7.69. The van der Waals surface area contributed by atoms with E-state index >= 15 is 0 Å². The Morgan fingerprint density at radius 1 is 1.07 bits per heavy atom. The first kappa shape index (κ1) is 18.0. The lowest BCUT2D eigenvalue weighted by Gasteiger charge is -2.20. The first-order chi connectivity index (χ1) is 13.1. The summed E-state index contributed by atoms with van der Waals surface area (Å²) in [7, 11) is 0. The van der Waals surface area contributed by atoms with Crippen LogP contribution in [-0.4, -0.2) is 20.6 Å². The summed E-state index contributed by atoms with van der Waals surface area (Å²) in [4.78, 5) is 30.7. The van der Waals surface area contributed by atoms with E-state index in [1.807, 2.05) is 66.1 Å². The van der Waals surface area contributed by atoms with Crippen LogP contribution >= 0.6 is 11.8 Å². The van der Waals surface area contributed by atoms with Gasteiger partial charge in [0.1, 0.15) is 0 Å². The largest absolute Gasteiger partial charge is 0.293 e. The fourth-order valence-electron chi connectivity index (χ4n) is 3.74. The van der Waals surface area contributed by atoms with Crippen LogP contribution < -0.4 is 5.56 Å². The molecule has 3 aromatic rings. The molecule has 1 fully saturated rings. The van der Waals surface area contributed by atoms with Gasteiger partial charge in [-0.1, -0.05) is 67.1 Å². The van der Waals surface area contributed by atoms with Crippen molar-refractivity contribution in [2.45, 2.75) is 49.1 Å². The zero-order valence-corrected chi connectivity index (χ0v) is 16.1. The molecule has 1 atom stereocenters. The summed E-state index contributed by atoms with van der Waals surface area (Å²) in [6, 6.07) is 16.9. The maximum Gasteiger partial charge on any atom is 0.262 e. The van der Waals surface area contributed by atoms with E-state index < -0.39 is 0 Å². The van der Waals surface area contributed by atoms with Crippen LogP contribution in [0.4, 0.5) is 0 Å². The van der Waals surface area contributed by atoms with Crippen molar-refractivity contribution in [2.24, 2.45) is 0 Å². The van der Waals surface area contributed by atoms with Crippen LogP contribution in [0.5, 0.6) is 0 Å². The van der Waals surface area contributed by atoms with Crippen LogP contribution in [0.2, 0.25) is 0 Å². The minimum Gasteiger partial charge on any atom is -0.293 e. The molecular formula is C22H22N2O2S. The van der Waals surface area contributed by atoms with Crippen molar-refractivity contribution in [1.82, 2.24) is 9.55 Å². The number of hydrogen-bond acceptors (Lipinski definition) is 4. The molecule has 4 nitrogen and oxygen atoms in total. The van der Waals surface area contributed by atoms with Crippen LogP contribution in [0.15, 0.2) is 64.5 Å². The topological polar surface area (TPSA) is 52.0 Å². The molecule has 0 saturated heterocycles. The highest BCUT2D eigenvalue weighted by molar-refractivity contribution is 8.00. The number of aromatic nitrogens is 2. The van der Waals surface area contributed by atoms with E-state index in [-0.39, 0.29) is 22.6 Å². The number of ketones is 1. The fraction of sp³-hybridized carbons (Fsp3) is 0.318. The van der Waals surface area contributed by atoms with E-state index in [9.17, 15) is 9.59 Å². The average Bonchev–Trinajstić information content (AvgIpc) is 3.22. The summed E-state index contributed by atoms with van der Waals surface area (Å²) in [6.45, 7) is 1.89. The molecule has 0 amide bonds. The smallest absolute Gasteiger partial charge is 0.262 e. The van der Waals surface area contributed by atoms with Crippen LogP contribution in [0.3, 0.4) is 0 Å². The molecule has 1 saturated carbocycles. The number of para-hydroxylation sites is 1. The summed E-state index contributed by atoms with van der Waals surface area (Å²) in [5, 5.41) is 0.992. The van der Waals surface area contributed by atoms with Gasteiger partial charge in [0.25, 0.3) is 5.56 Å². The summed E-state index contributed by atoms with van der Waals surface area (Å²) >= 11 is 1.39. The molecule has 1 aliphatic carbocycles. The Labute approximate surface area is 162 Å². The molecule has 1 aliphatic rings. The lowest BCUT2D eigenvalue weighted by molar-refractivity contribution is 0.0994. The number of Topliss-reactive ketones (excluding diaryl/α,β-unsaturated/α-hetero) is 1. The third-order valence-electron chi connectivity index (χ3n) is 5.17. The highest BCUT2D eigenvalue weighted by atomic mass is 32.2. The van der Waals surface area contributed by atoms with Crippen molar-refractivity contribution in [1.29, 1.82) is 0 Å². The SMILES string of the molecule is C[C@@H](Sc1nc2ccccc2c(=O)n1C1CCCC1)C(=O)c1ccccc1. The van der Waals surface area contributed by atoms with Crippen molar-refractivity contribution in [3.05, 3.63) is 70.5 Å². The molecule has 1 heterocycles. The van der Waals surface area contributed by atoms with Crippen molar-refractivity contribution >= 4 is 28.4 Å². The number of fused-ring (bicyclic) bond motifs is 1. The second-order valence-corrected chi connectivity index (χ2v) is 8.32. The van der Waals surface area contributed by atoms with Gasteiger partial charge in [0, 0.05) is 11.6 Å². The number of thioether (sulfide) groups is 1. The van der Waals surface area contributed by atoms with E-state index in [1.165, 1.54) is 11.8 Å². The molecule has 138 valence electrons. The Balaban J connectivity index is 1.74. The van der Waals surface area contributed by atoms with Gasteiger partial charge in [0.2, 0.25) is 0 Å². The van der Waals surface area contributed by atoms with Gasteiger partial charge < -0.3 is 0 Å². The monoisotopic (exact) mass is 378 g/mol. The van der Waals surface area contributed by atoms with E-state index in [0.29, 0.717) is 21.6 Å². The molecular weight excluding hydrogens is 356 g/mol. The number of benzene rings is 2. The summed E-state index contributed by atoms with van der Waals surface area (Å²) < 4.78 is 1.84. The highest BCUT2D eigenvalue weighted by Crippen LogP contribution is 2.33. The van der Waals surface area contributed by atoms with Gasteiger partial charge in [-0.05, 0) is 31.9 Å². The van der Waals surface area contributed by atoms with Gasteiger partial charge in [-0.2, -0.15) is 0 Å². The Morgan fingerprint density at radius 3 is 2.48 bits per heavy atom. The third-order valence-corrected chi connectivity index (χ3v) is 6.24. The van der Waals surface area contributed by atoms with Crippen molar-refractivity contribution in [2.75, 3.05) is 0 Å². The van der Waals surface area contributed by atoms with E-state index in [1.54, 1.807) is 0 Å². The minimum atomic E-state index is -0.312. The fourth-order valence-corrected chi connectivity index (χ4v) is 4.80. The second-order valence-electron chi connectivity index (χ2n) is 7.02. The predicted octanol–water partition coefficient (Wildman–Crippen LogP) is 4.88. The molecule has 27 heavy (non-hydrogen) atoms. The lowest BCUT2D eigenvalue weighted by atomic mass is 10.1.